The molecule has 0 amide bonds. The lowest BCUT2D eigenvalue weighted by Gasteiger charge is -2.35. The lowest BCUT2D eigenvalue weighted by molar-refractivity contribution is -0.138. The minimum atomic E-state index is -0.884. The minimum absolute atomic E-state index is 0.0204. The van der Waals surface area contributed by atoms with Crippen molar-refractivity contribution >= 4 is 84.0 Å². The molecule has 0 bridgehead atoms. The van der Waals surface area contributed by atoms with E-state index in [9.17, 15) is 14.7 Å². The van der Waals surface area contributed by atoms with Gasteiger partial charge in [0.1, 0.15) is 0 Å². The van der Waals surface area contributed by atoms with Gasteiger partial charge in [0.15, 0.2) is 0 Å². The van der Waals surface area contributed by atoms with E-state index in [4.69, 9.17) is 5.11 Å². The normalized spacial score (nSPS) is 16.7. The van der Waals surface area contributed by atoms with Crippen LogP contribution in [-0.4, -0.2) is 54.7 Å². The molecule has 0 aromatic carbocycles. The van der Waals surface area contributed by atoms with Crippen LogP contribution in [0.3, 0.4) is 0 Å². The van der Waals surface area contributed by atoms with Gasteiger partial charge >= 0.3 is 11.9 Å². The van der Waals surface area contributed by atoms with Crippen molar-refractivity contribution in [2.75, 3.05) is 17.3 Å². The van der Waals surface area contributed by atoms with E-state index in [-0.39, 0.29) is 23.3 Å². The summed E-state index contributed by atoms with van der Waals surface area (Å²) >= 11 is 17.3. The second kappa shape index (κ2) is 12.4. The molecule has 2 N–H and O–H groups in total. The van der Waals surface area contributed by atoms with Gasteiger partial charge in [0.05, 0.1) is 12.8 Å². The summed E-state index contributed by atoms with van der Waals surface area (Å²) in [6, 6.07) is 0. The third kappa shape index (κ3) is 10.7. The highest BCUT2D eigenvalue weighted by Gasteiger charge is 2.37. The highest BCUT2D eigenvalue weighted by atomic mass is 33.1. The Bertz CT molecular complexity index is 343. The van der Waals surface area contributed by atoms with E-state index in [1.165, 1.54) is 21.6 Å². The van der Waals surface area contributed by atoms with Crippen molar-refractivity contribution in [2.24, 2.45) is 0 Å². The van der Waals surface area contributed by atoms with Crippen LogP contribution in [0.4, 0.5) is 0 Å². The molecule has 10 heteroatoms. The van der Waals surface area contributed by atoms with Crippen LogP contribution in [0.15, 0.2) is 0 Å². The Morgan fingerprint density at radius 3 is 1.86 bits per heavy atom. The largest absolute Gasteiger partial charge is 0.481 e. The van der Waals surface area contributed by atoms with Crippen molar-refractivity contribution in [3.63, 3.8) is 0 Å². The van der Waals surface area contributed by atoms with Crippen molar-refractivity contribution < 1.29 is 19.8 Å². The van der Waals surface area contributed by atoms with Crippen LogP contribution in [0.5, 0.6) is 0 Å². The summed E-state index contributed by atoms with van der Waals surface area (Å²) < 4.78 is -0.556. The first-order chi connectivity index (χ1) is 10.2. The number of carboxylic acid groups (broad SMARTS) is 2. The van der Waals surface area contributed by atoms with E-state index in [1.54, 1.807) is 0 Å². The molecule has 0 fully saturated rings. The Balaban J connectivity index is 4.97. The van der Waals surface area contributed by atoms with Gasteiger partial charge in [-0.25, -0.2) is 0 Å². The predicted molar refractivity (Wildman–Crippen MR) is 110 cm³/mol. The number of hydrogen-bond acceptors (Lipinski definition) is 8. The maximum atomic E-state index is 11.3. The summed E-state index contributed by atoms with van der Waals surface area (Å²) in [4.78, 5) is 21.9. The number of aliphatic carboxylic acids is 2. The van der Waals surface area contributed by atoms with Gasteiger partial charge in [-0.3, -0.25) is 9.59 Å². The number of carboxylic acids is 2. The van der Waals surface area contributed by atoms with Crippen LogP contribution in [0.1, 0.15) is 25.7 Å². The maximum Gasteiger partial charge on any atom is 0.304 e. The molecule has 0 saturated carbocycles. The zero-order valence-electron chi connectivity index (χ0n) is 11.9. The van der Waals surface area contributed by atoms with Crippen molar-refractivity contribution in [2.45, 2.75) is 40.9 Å². The minimum Gasteiger partial charge on any atom is -0.481 e. The summed E-state index contributed by atoms with van der Waals surface area (Å²) in [5.74, 6) is -0.226. The Morgan fingerprint density at radius 1 is 1.00 bits per heavy atom. The molecular weight excluding hydrogens is 401 g/mol. The Labute approximate surface area is 161 Å². The van der Waals surface area contributed by atoms with E-state index >= 15 is 0 Å². The van der Waals surface area contributed by atoms with Crippen LogP contribution in [0.25, 0.3) is 0 Å². The zero-order valence-corrected chi connectivity index (χ0v) is 17.1. The Kier molecular flexibility index (Phi) is 13.0. The molecule has 0 radical (unpaired) electrons. The van der Waals surface area contributed by atoms with Crippen molar-refractivity contribution in [1.29, 1.82) is 0 Å². The molecule has 0 heterocycles. The van der Waals surface area contributed by atoms with Gasteiger partial charge in [0.2, 0.25) is 0 Å². The molecule has 2 unspecified atom stereocenters. The van der Waals surface area contributed by atoms with E-state index in [0.717, 1.165) is 0 Å². The van der Waals surface area contributed by atoms with E-state index in [1.807, 2.05) is 0 Å². The SMILES string of the molecule is O=C(O)CCSSC(CC(=O)O)(CC(S)CS)CC(S)CS. The molecular formula is C12H22O4S6. The molecule has 0 rings (SSSR count). The molecule has 0 aromatic rings. The average Bonchev–Trinajstić information content (AvgIpc) is 2.42. The van der Waals surface area contributed by atoms with Crippen LogP contribution < -0.4 is 0 Å². The van der Waals surface area contributed by atoms with Gasteiger partial charge in [0.25, 0.3) is 0 Å². The molecule has 0 spiro atoms. The van der Waals surface area contributed by atoms with Gasteiger partial charge < -0.3 is 10.2 Å². The van der Waals surface area contributed by atoms with E-state index in [2.05, 4.69) is 50.5 Å². The molecule has 130 valence electrons. The summed E-state index contributed by atoms with van der Waals surface area (Å²) in [5, 5.41) is 17.9. The van der Waals surface area contributed by atoms with Crippen LogP contribution in [0.2, 0.25) is 0 Å². The monoisotopic (exact) mass is 422 g/mol. The zero-order chi connectivity index (χ0) is 17.2. The predicted octanol–water partition coefficient (Wildman–Crippen LogP) is 3.29. The smallest absolute Gasteiger partial charge is 0.304 e. The molecule has 2 atom stereocenters. The molecule has 0 aliphatic heterocycles. The maximum absolute atomic E-state index is 11.3. The summed E-state index contributed by atoms with van der Waals surface area (Å²) in [5.41, 5.74) is 0. The average molecular weight is 423 g/mol. The lowest BCUT2D eigenvalue weighted by atomic mass is 9.93. The van der Waals surface area contributed by atoms with Gasteiger partial charge in [0, 0.05) is 32.5 Å². The van der Waals surface area contributed by atoms with E-state index < -0.39 is 16.7 Å². The van der Waals surface area contributed by atoms with Gasteiger partial charge in [-0.1, -0.05) is 21.6 Å². The van der Waals surface area contributed by atoms with Crippen LogP contribution >= 0.6 is 72.1 Å². The highest BCUT2D eigenvalue weighted by molar-refractivity contribution is 8.77. The number of rotatable bonds is 13. The van der Waals surface area contributed by atoms with Gasteiger partial charge in [-0.15, -0.1) is 0 Å². The first-order valence-corrected chi connectivity index (χ1v) is 11.2. The molecule has 22 heavy (non-hydrogen) atoms. The standard InChI is InChI=1S/C12H22O4S6/c13-10(14)1-2-21-22-12(5-11(15)16,3-8(19)6-17)4-9(20)7-18/h8-9,17-20H,1-7H2,(H,13,14)(H,15,16). The lowest BCUT2D eigenvalue weighted by Crippen LogP contribution is -2.34. The molecule has 0 aromatic heterocycles. The fraction of sp³-hybridized carbons (Fsp3) is 0.833. The summed E-state index contributed by atoms with van der Waals surface area (Å²) in [6.07, 6.45) is 1.17. The topological polar surface area (TPSA) is 74.6 Å². The van der Waals surface area contributed by atoms with Gasteiger partial charge in [-0.05, 0) is 12.8 Å². The number of thiol groups is 4. The number of hydrogen-bond donors (Lipinski definition) is 6. The number of carbonyl (C=O) groups is 2. The van der Waals surface area contributed by atoms with Crippen LogP contribution in [0, 0.1) is 0 Å². The summed E-state index contributed by atoms with van der Waals surface area (Å²) in [6.45, 7) is 0. The third-order valence-electron chi connectivity index (χ3n) is 2.75. The molecule has 0 aliphatic rings. The first kappa shape index (κ1) is 23.0. The first-order valence-electron chi connectivity index (χ1n) is 6.56. The van der Waals surface area contributed by atoms with Crippen molar-refractivity contribution in [1.82, 2.24) is 0 Å². The second-order valence-corrected chi connectivity index (χ2v) is 9.96. The molecule has 0 aliphatic carbocycles. The van der Waals surface area contributed by atoms with Gasteiger partial charge in [-0.2, -0.15) is 50.5 Å². The Morgan fingerprint density at radius 2 is 1.50 bits per heavy atom. The molecule has 4 nitrogen and oxygen atoms in total. The van der Waals surface area contributed by atoms with Crippen molar-refractivity contribution in [3.05, 3.63) is 0 Å². The second-order valence-electron chi connectivity index (χ2n) is 4.88. The fourth-order valence-corrected chi connectivity index (χ4v) is 6.24. The quantitative estimate of drug-likeness (QED) is 0.155. The molecule has 0 saturated heterocycles. The van der Waals surface area contributed by atoms with Crippen molar-refractivity contribution in [3.8, 4) is 0 Å². The van der Waals surface area contributed by atoms with E-state index in [0.29, 0.717) is 30.1 Å². The summed E-state index contributed by atoms with van der Waals surface area (Å²) in [7, 11) is 2.82. The highest BCUT2D eigenvalue weighted by Crippen LogP contribution is 2.47. The Hall–Kier alpha value is 1.04. The van der Waals surface area contributed by atoms with Crippen LogP contribution in [-0.2, 0) is 9.59 Å². The third-order valence-corrected chi connectivity index (χ3v) is 8.17. The fourth-order valence-electron chi connectivity index (χ4n) is 1.88.